The van der Waals surface area contributed by atoms with Crippen LogP contribution in [0.1, 0.15) is 13.3 Å². The van der Waals surface area contributed by atoms with Gasteiger partial charge in [-0.1, -0.05) is 12.1 Å². The Morgan fingerprint density at radius 3 is 2.40 bits per heavy atom. The number of esters is 1. The lowest BCUT2D eigenvalue weighted by Crippen LogP contribution is -2.43. The molecule has 7 nitrogen and oxygen atoms in total. The summed E-state index contributed by atoms with van der Waals surface area (Å²) < 4.78 is 23.4. The zero-order valence-electron chi connectivity index (χ0n) is 16.8. The van der Waals surface area contributed by atoms with Gasteiger partial charge in [-0.05, 0) is 43.3 Å². The van der Waals surface area contributed by atoms with Crippen molar-refractivity contribution in [2.24, 2.45) is 5.92 Å². The lowest BCUT2D eigenvalue weighted by molar-refractivity contribution is -0.138. The molecule has 0 saturated heterocycles. The van der Waals surface area contributed by atoms with Gasteiger partial charge < -0.3 is 14.8 Å². The molecular weight excluding hydrogens is 391 g/mol. The number of nitrogens with zero attached hydrogens (tertiary/aromatic N) is 1. The van der Waals surface area contributed by atoms with Crippen molar-refractivity contribution in [2.45, 2.75) is 13.3 Å². The molecule has 1 aliphatic heterocycles. The second-order valence-electron chi connectivity index (χ2n) is 6.64. The minimum absolute atomic E-state index is 0.0637. The summed E-state index contributed by atoms with van der Waals surface area (Å²) in [7, 11) is 2.68. The molecule has 0 aromatic heterocycles. The fourth-order valence-corrected chi connectivity index (χ4v) is 3.45. The van der Waals surface area contributed by atoms with Crippen LogP contribution in [-0.4, -0.2) is 32.0 Å². The average molecular weight is 412 g/mol. The largest absolute Gasteiger partial charge is 0.495 e. The third-order valence-electron chi connectivity index (χ3n) is 4.87. The van der Waals surface area contributed by atoms with Gasteiger partial charge in [0, 0.05) is 17.8 Å². The van der Waals surface area contributed by atoms with Crippen LogP contribution in [0.2, 0.25) is 0 Å². The SMILES string of the molecule is COC(=O)C1=C(C)N(c2ccc(F)cc2)C(=O)CC1C(=O)Nc1ccccc1OC. The van der Waals surface area contributed by atoms with Crippen molar-refractivity contribution in [1.82, 2.24) is 0 Å². The number of rotatable bonds is 5. The summed E-state index contributed by atoms with van der Waals surface area (Å²) in [6.07, 6.45) is -0.250. The number of methoxy groups -OCH3 is 2. The zero-order chi connectivity index (χ0) is 21.8. The molecule has 1 unspecified atom stereocenters. The van der Waals surface area contributed by atoms with Gasteiger partial charge in [0.2, 0.25) is 11.8 Å². The number of allylic oxidation sites excluding steroid dienone is 1. The number of anilines is 2. The Labute approximate surface area is 173 Å². The number of carbonyl (C=O) groups is 3. The molecule has 0 radical (unpaired) electrons. The molecular formula is C22H21FN2O5. The molecule has 2 aromatic carbocycles. The first-order chi connectivity index (χ1) is 14.4. The van der Waals surface area contributed by atoms with Crippen molar-refractivity contribution >= 4 is 29.2 Å². The first-order valence-electron chi connectivity index (χ1n) is 9.18. The molecule has 0 aliphatic carbocycles. The minimum atomic E-state index is -1.05. The monoisotopic (exact) mass is 412 g/mol. The predicted octanol–water partition coefficient (Wildman–Crippen LogP) is 3.27. The molecule has 1 heterocycles. The highest BCUT2D eigenvalue weighted by Crippen LogP contribution is 2.35. The summed E-state index contributed by atoms with van der Waals surface area (Å²) in [5, 5.41) is 2.72. The number of carbonyl (C=O) groups excluding carboxylic acids is 3. The van der Waals surface area contributed by atoms with Gasteiger partial charge in [-0.3, -0.25) is 14.5 Å². The van der Waals surface area contributed by atoms with E-state index in [0.717, 1.165) is 0 Å². The molecule has 8 heteroatoms. The number of halogens is 1. The fraction of sp³-hybridized carbons (Fsp3) is 0.227. The number of nitrogens with one attached hydrogen (secondary N) is 1. The van der Waals surface area contributed by atoms with Crippen molar-refractivity contribution < 1.29 is 28.2 Å². The Morgan fingerprint density at radius 2 is 1.77 bits per heavy atom. The van der Waals surface area contributed by atoms with E-state index in [1.807, 2.05) is 0 Å². The number of ether oxygens (including phenoxy) is 2. The highest BCUT2D eigenvalue weighted by Gasteiger charge is 2.40. The van der Waals surface area contributed by atoms with Gasteiger partial charge in [0.05, 0.1) is 31.4 Å². The van der Waals surface area contributed by atoms with E-state index in [2.05, 4.69) is 5.32 Å². The smallest absolute Gasteiger partial charge is 0.336 e. The van der Waals surface area contributed by atoms with Gasteiger partial charge in [-0.25, -0.2) is 9.18 Å². The summed E-state index contributed by atoms with van der Waals surface area (Å²) in [6.45, 7) is 1.55. The van der Waals surface area contributed by atoms with Crippen LogP contribution in [0.4, 0.5) is 15.8 Å². The van der Waals surface area contributed by atoms with Crippen LogP contribution in [0.5, 0.6) is 5.75 Å². The van der Waals surface area contributed by atoms with E-state index < -0.39 is 29.5 Å². The van der Waals surface area contributed by atoms with E-state index in [1.54, 1.807) is 31.2 Å². The van der Waals surface area contributed by atoms with Gasteiger partial charge >= 0.3 is 5.97 Å². The molecule has 156 valence electrons. The van der Waals surface area contributed by atoms with Gasteiger partial charge in [0.1, 0.15) is 11.6 Å². The molecule has 1 aliphatic rings. The van der Waals surface area contributed by atoms with E-state index in [1.165, 1.54) is 43.4 Å². The summed E-state index contributed by atoms with van der Waals surface area (Å²) in [5.41, 5.74) is 1.13. The Hall–Kier alpha value is -3.68. The van der Waals surface area contributed by atoms with Crippen molar-refractivity contribution in [2.75, 3.05) is 24.4 Å². The number of benzene rings is 2. The maximum atomic E-state index is 13.3. The second kappa shape index (κ2) is 8.77. The summed E-state index contributed by atoms with van der Waals surface area (Å²) in [4.78, 5) is 39.7. The molecule has 2 aromatic rings. The van der Waals surface area contributed by atoms with Crippen LogP contribution in [0.3, 0.4) is 0 Å². The number of hydrogen-bond donors (Lipinski definition) is 1. The predicted molar refractivity (Wildman–Crippen MR) is 108 cm³/mol. The van der Waals surface area contributed by atoms with Crippen LogP contribution < -0.4 is 15.0 Å². The lowest BCUT2D eigenvalue weighted by Gasteiger charge is -2.33. The highest BCUT2D eigenvalue weighted by molar-refractivity contribution is 6.10. The lowest BCUT2D eigenvalue weighted by atomic mass is 9.88. The highest BCUT2D eigenvalue weighted by atomic mass is 19.1. The van der Waals surface area contributed by atoms with Gasteiger partial charge in [0.15, 0.2) is 0 Å². The van der Waals surface area contributed by atoms with Crippen LogP contribution in [0, 0.1) is 11.7 Å². The van der Waals surface area contributed by atoms with Crippen LogP contribution in [0.15, 0.2) is 59.8 Å². The third-order valence-corrected chi connectivity index (χ3v) is 4.87. The zero-order valence-corrected chi connectivity index (χ0v) is 16.8. The van der Waals surface area contributed by atoms with Crippen LogP contribution >= 0.6 is 0 Å². The molecule has 0 spiro atoms. The second-order valence-corrected chi connectivity index (χ2v) is 6.64. The molecule has 0 saturated carbocycles. The summed E-state index contributed by atoms with van der Waals surface area (Å²) in [5.74, 6) is -2.70. The third kappa shape index (κ3) is 4.03. The molecule has 0 bridgehead atoms. The fourth-order valence-electron chi connectivity index (χ4n) is 3.45. The first kappa shape index (κ1) is 21.0. The molecule has 30 heavy (non-hydrogen) atoms. The van der Waals surface area contributed by atoms with Crippen molar-refractivity contribution in [1.29, 1.82) is 0 Å². The molecule has 1 N–H and O–H groups in total. The number of hydrogen-bond acceptors (Lipinski definition) is 5. The maximum Gasteiger partial charge on any atom is 0.336 e. The Balaban J connectivity index is 2.00. The molecule has 1 atom stereocenters. The van der Waals surface area contributed by atoms with E-state index in [4.69, 9.17) is 9.47 Å². The van der Waals surface area contributed by atoms with E-state index in [9.17, 15) is 18.8 Å². The Bertz CT molecular complexity index is 1020. The topological polar surface area (TPSA) is 84.9 Å². The van der Waals surface area contributed by atoms with Gasteiger partial charge in [-0.2, -0.15) is 0 Å². The number of amides is 2. The van der Waals surface area contributed by atoms with E-state index in [0.29, 0.717) is 17.1 Å². The first-order valence-corrected chi connectivity index (χ1v) is 9.18. The average Bonchev–Trinajstić information content (AvgIpc) is 2.74. The normalized spacial score (nSPS) is 16.3. The van der Waals surface area contributed by atoms with Crippen molar-refractivity contribution in [3.05, 3.63) is 65.6 Å². The van der Waals surface area contributed by atoms with Crippen LogP contribution in [0.25, 0.3) is 0 Å². The standard InChI is InChI=1S/C22H21FN2O5/c1-13-20(22(28)30-3)16(21(27)24-17-6-4-5-7-18(17)29-2)12-19(26)25(13)15-10-8-14(23)9-11-15/h4-11,16H,12H2,1-3H3,(H,24,27). The minimum Gasteiger partial charge on any atom is -0.495 e. The van der Waals surface area contributed by atoms with Crippen molar-refractivity contribution in [3.63, 3.8) is 0 Å². The molecule has 3 rings (SSSR count). The maximum absolute atomic E-state index is 13.3. The molecule has 0 fully saturated rings. The summed E-state index contributed by atoms with van der Waals surface area (Å²) >= 11 is 0. The summed E-state index contributed by atoms with van der Waals surface area (Å²) in [6, 6.07) is 12.1. The number of para-hydroxylation sites is 2. The quantitative estimate of drug-likeness (QED) is 0.762. The Morgan fingerprint density at radius 1 is 1.10 bits per heavy atom. The van der Waals surface area contributed by atoms with Gasteiger partial charge in [-0.15, -0.1) is 0 Å². The molecule has 2 amide bonds. The van der Waals surface area contributed by atoms with Crippen LogP contribution in [-0.2, 0) is 19.1 Å². The Kier molecular flexibility index (Phi) is 6.15. The van der Waals surface area contributed by atoms with Crippen molar-refractivity contribution in [3.8, 4) is 5.75 Å². The van der Waals surface area contributed by atoms with Gasteiger partial charge in [0.25, 0.3) is 0 Å². The van der Waals surface area contributed by atoms with E-state index >= 15 is 0 Å². The van der Waals surface area contributed by atoms with E-state index in [-0.39, 0.29) is 17.7 Å².